The van der Waals surface area contributed by atoms with Gasteiger partial charge < -0.3 is 5.32 Å². The second-order valence-electron chi connectivity index (χ2n) is 4.07. The molecule has 0 amide bonds. The van der Waals surface area contributed by atoms with Crippen molar-refractivity contribution in [1.82, 2.24) is 10.3 Å². The number of hydrogen-bond donors (Lipinski definition) is 1. The van der Waals surface area contributed by atoms with E-state index in [0.29, 0.717) is 6.04 Å². The highest BCUT2D eigenvalue weighted by molar-refractivity contribution is 5.16. The molecule has 0 spiro atoms. The summed E-state index contributed by atoms with van der Waals surface area (Å²) in [6, 6.07) is 2.88. The van der Waals surface area contributed by atoms with E-state index in [2.05, 4.69) is 37.1 Å². The van der Waals surface area contributed by atoms with Crippen LogP contribution in [0.15, 0.2) is 18.5 Å². The van der Waals surface area contributed by atoms with E-state index in [4.69, 9.17) is 0 Å². The van der Waals surface area contributed by atoms with Gasteiger partial charge in [-0.1, -0.05) is 19.9 Å². The van der Waals surface area contributed by atoms with E-state index in [1.165, 1.54) is 24.0 Å². The third-order valence-electron chi connectivity index (χ3n) is 2.70. The molecule has 0 bridgehead atoms. The minimum Gasteiger partial charge on any atom is -0.314 e. The summed E-state index contributed by atoms with van der Waals surface area (Å²) in [4.78, 5) is 4.21. The van der Waals surface area contributed by atoms with Gasteiger partial charge in [-0.05, 0) is 43.9 Å². The molecule has 0 fully saturated rings. The van der Waals surface area contributed by atoms with E-state index in [1.807, 2.05) is 12.4 Å². The largest absolute Gasteiger partial charge is 0.314 e. The molecule has 2 nitrogen and oxygen atoms in total. The maximum Gasteiger partial charge on any atom is 0.0300 e. The summed E-state index contributed by atoms with van der Waals surface area (Å²) < 4.78 is 0. The third-order valence-corrected chi connectivity index (χ3v) is 2.70. The Morgan fingerprint density at radius 2 is 2.13 bits per heavy atom. The van der Waals surface area contributed by atoms with Crippen LogP contribution in [0, 0.1) is 6.92 Å². The lowest BCUT2D eigenvalue weighted by molar-refractivity contribution is 0.481. The molecule has 0 aliphatic heterocycles. The Labute approximate surface area is 93.1 Å². The van der Waals surface area contributed by atoms with Gasteiger partial charge in [0, 0.05) is 18.4 Å². The minimum absolute atomic E-state index is 0.649. The molecule has 0 aliphatic carbocycles. The van der Waals surface area contributed by atoms with Crippen molar-refractivity contribution in [3.05, 3.63) is 29.6 Å². The molecule has 1 N–H and O–H groups in total. The van der Waals surface area contributed by atoms with Gasteiger partial charge in [0.05, 0.1) is 0 Å². The van der Waals surface area contributed by atoms with Crippen molar-refractivity contribution in [1.29, 1.82) is 0 Å². The molecule has 2 heteroatoms. The second kappa shape index (κ2) is 6.57. The minimum atomic E-state index is 0.649. The maximum atomic E-state index is 4.21. The normalized spacial score (nSPS) is 12.7. The van der Waals surface area contributed by atoms with Crippen molar-refractivity contribution in [2.24, 2.45) is 0 Å². The number of rotatable bonds is 6. The quantitative estimate of drug-likeness (QED) is 0.774. The Kier molecular flexibility index (Phi) is 5.33. The van der Waals surface area contributed by atoms with Crippen LogP contribution in [0.4, 0.5) is 0 Å². The molecule has 0 saturated heterocycles. The zero-order valence-electron chi connectivity index (χ0n) is 10.1. The number of aryl methyl sites for hydroxylation is 2. The van der Waals surface area contributed by atoms with E-state index in [1.54, 1.807) is 0 Å². The first kappa shape index (κ1) is 12.2. The molecule has 1 aromatic rings. The lowest BCUT2D eigenvalue weighted by Gasteiger charge is -2.15. The highest BCUT2D eigenvalue weighted by Gasteiger charge is 2.04. The van der Waals surface area contributed by atoms with Crippen LogP contribution in [-0.2, 0) is 6.42 Å². The van der Waals surface area contributed by atoms with Gasteiger partial charge in [0.25, 0.3) is 0 Å². The van der Waals surface area contributed by atoms with Gasteiger partial charge in [-0.15, -0.1) is 0 Å². The molecule has 1 heterocycles. The average molecular weight is 206 g/mol. The molecule has 1 aromatic heterocycles. The molecule has 0 radical (unpaired) electrons. The third kappa shape index (κ3) is 4.43. The monoisotopic (exact) mass is 206 g/mol. The van der Waals surface area contributed by atoms with E-state index in [-0.39, 0.29) is 0 Å². The Balaban J connectivity index is 2.41. The average Bonchev–Trinajstić information content (AvgIpc) is 2.24. The standard InChI is InChI=1S/C13H22N2/c1-4-13(15-5-2)7-6-12-8-11(3)9-14-10-12/h8-10,13,15H,4-7H2,1-3H3. The molecular formula is C13H22N2. The van der Waals surface area contributed by atoms with Crippen molar-refractivity contribution < 1.29 is 0 Å². The Morgan fingerprint density at radius 3 is 2.73 bits per heavy atom. The van der Waals surface area contributed by atoms with Crippen LogP contribution < -0.4 is 5.32 Å². The highest BCUT2D eigenvalue weighted by Crippen LogP contribution is 2.07. The number of aromatic nitrogens is 1. The van der Waals surface area contributed by atoms with Crippen LogP contribution in [0.1, 0.15) is 37.8 Å². The summed E-state index contributed by atoms with van der Waals surface area (Å²) in [7, 11) is 0. The summed E-state index contributed by atoms with van der Waals surface area (Å²) in [5, 5.41) is 3.50. The van der Waals surface area contributed by atoms with Crippen molar-refractivity contribution >= 4 is 0 Å². The van der Waals surface area contributed by atoms with Crippen LogP contribution >= 0.6 is 0 Å². The fourth-order valence-electron chi connectivity index (χ4n) is 1.83. The first-order valence-corrected chi connectivity index (χ1v) is 5.90. The summed E-state index contributed by atoms with van der Waals surface area (Å²) in [6.07, 6.45) is 7.42. The van der Waals surface area contributed by atoms with Crippen LogP contribution in [0.25, 0.3) is 0 Å². The number of nitrogens with one attached hydrogen (secondary N) is 1. The first-order valence-electron chi connectivity index (χ1n) is 5.90. The highest BCUT2D eigenvalue weighted by atomic mass is 14.9. The topological polar surface area (TPSA) is 24.9 Å². The maximum absolute atomic E-state index is 4.21. The van der Waals surface area contributed by atoms with Crippen molar-refractivity contribution in [3.8, 4) is 0 Å². The zero-order chi connectivity index (χ0) is 11.1. The smallest absolute Gasteiger partial charge is 0.0300 e. The molecule has 15 heavy (non-hydrogen) atoms. The van der Waals surface area contributed by atoms with Gasteiger partial charge in [0.1, 0.15) is 0 Å². The molecule has 84 valence electrons. The first-order chi connectivity index (χ1) is 7.26. The zero-order valence-corrected chi connectivity index (χ0v) is 10.1. The van der Waals surface area contributed by atoms with Crippen LogP contribution in [0.3, 0.4) is 0 Å². The second-order valence-corrected chi connectivity index (χ2v) is 4.07. The lowest BCUT2D eigenvalue weighted by Crippen LogP contribution is -2.28. The van der Waals surface area contributed by atoms with Crippen LogP contribution in [0.2, 0.25) is 0 Å². The number of pyridine rings is 1. The molecule has 0 aliphatic rings. The summed E-state index contributed by atoms with van der Waals surface area (Å²) in [5.41, 5.74) is 2.61. The summed E-state index contributed by atoms with van der Waals surface area (Å²) in [6.45, 7) is 7.56. The Bertz CT molecular complexity index is 284. The van der Waals surface area contributed by atoms with E-state index in [0.717, 1.165) is 13.0 Å². The van der Waals surface area contributed by atoms with Gasteiger partial charge in [0.2, 0.25) is 0 Å². The number of hydrogen-bond acceptors (Lipinski definition) is 2. The van der Waals surface area contributed by atoms with E-state index >= 15 is 0 Å². The summed E-state index contributed by atoms with van der Waals surface area (Å²) >= 11 is 0. The summed E-state index contributed by atoms with van der Waals surface area (Å²) in [5.74, 6) is 0. The molecular weight excluding hydrogens is 184 g/mol. The number of nitrogens with zero attached hydrogens (tertiary/aromatic N) is 1. The molecule has 0 aromatic carbocycles. The fourth-order valence-corrected chi connectivity index (χ4v) is 1.83. The van der Waals surface area contributed by atoms with E-state index < -0.39 is 0 Å². The Hall–Kier alpha value is -0.890. The Morgan fingerprint density at radius 1 is 1.33 bits per heavy atom. The van der Waals surface area contributed by atoms with Gasteiger partial charge in [-0.25, -0.2) is 0 Å². The van der Waals surface area contributed by atoms with Crippen molar-refractivity contribution in [3.63, 3.8) is 0 Å². The molecule has 1 rings (SSSR count). The van der Waals surface area contributed by atoms with Crippen LogP contribution in [0.5, 0.6) is 0 Å². The molecule has 1 atom stereocenters. The van der Waals surface area contributed by atoms with Gasteiger partial charge >= 0.3 is 0 Å². The van der Waals surface area contributed by atoms with Gasteiger partial charge in [-0.3, -0.25) is 4.98 Å². The van der Waals surface area contributed by atoms with Crippen LogP contribution in [-0.4, -0.2) is 17.6 Å². The molecule has 1 unspecified atom stereocenters. The molecule has 0 saturated carbocycles. The van der Waals surface area contributed by atoms with E-state index in [9.17, 15) is 0 Å². The predicted octanol–water partition coefficient (Wildman–Crippen LogP) is 2.71. The SMILES string of the molecule is CCNC(CC)CCc1cncc(C)c1. The predicted molar refractivity (Wildman–Crippen MR) is 65.1 cm³/mol. The van der Waals surface area contributed by atoms with Crippen molar-refractivity contribution in [2.75, 3.05) is 6.54 Å². The van der Waals surface area contributed by atoms with Gasteiger partial charge in [0.15, 0.2) is 0 Å². The van der Waals surface area contributed by atoms with Gasteiger partial charge in [-0.2, -0.15) is 0 Å². The fraction of sp³-hybridized carbons (Fsp3) is 0.615. The van der Waals surface area contributed by atoms with Crippen molar-refractivity contribution in [2.45, 2.75) is 46.1 Å². The lowest BCUT2D eigenvalue weighted by atomic mass is 10.0.